The quantitative estimate of drug-likeness (QED) is 0.702. The number of amides is 2. The summed E-state index contributed by atoms with van der Waals surface area (Å²) < 4.78 is 8.38. The number of urea groups is 1. The maximum Gasteiger partial charge on any atom is 0.312 e. The molecule has 2 heterocycles. The van der Waals surface area contributed by atoms with Crippen molar-refractivity contribution in [2.45, 2.75) is 52.2 Å². The predicted octanol–water partition coefficient (Wildman–Crippen LogP) is 3.94. The van der Waals surface area contributed by atoms with Gasteiger partial charge in [-0.2, -0.15) is 0 Å². The highest BCUT2D eigenvalue weighted by Crippen LogP contribution is 2.38. The number of primary amides is 1. The number of nitrogens with zero attached hydrogens (tertiary/aromatic N) is 3. The third kappa shape index (κ3) is 4.18. The van der Waals surface area contributed by atoms with Crippen LogP contribution < -0.4 is 15.8 Å². The fourth-order valence-corrected chi connectivity index (χ4v) is 3.94. The van der Waals surface area contributed by atoms with Crippen LogP contribution in [-0.4, -0.2) is 20.6 Å². The Morgan fingerprint density at radius 2 is 1.93 bits per heavy atom. The zero-order valence-corrected chi connectivity index (χ0v) is 17.1. The Labute approximate surface area is 170 Å². The maximum absolute atomic E-state index is 11.3. The standard InChI is InChI=1S/C22H27N5O2/c1-22(2,3)12-20-26-25-19-11-8-14(13-27(19)20)29-18-10-9-17(24-21(23)28)15-6-4-5-7-16(15)18/h4-8,11,13,17-18H,9-10,12H2,1-3H3,(H3,23,24,28). The van der Waals surface area contributed by atoms with Gasteiger partial charge in [-0.15, -0.1) is 10.2 Å². The van der Waals surface area contributed by atoms with E-state index in [-0.39, 0.29) is 17.6 Å². The summed E-state index contributed by atoms with van der Waals surface area (Å²) in [5.41, 5.74) is 8.41. The van der Waals surface area contributed by atoms with Crippen molar-refractivity contribution in [3.8, 4) is 5.75 Å². The van der Waals surface area contributed by atoms with Gasteiger partial charge in [0.2, 0.25) is 0 Å². The average molecular weight is 393 g/mol. The highest BCUT2D eigenvalue weighted by molar-refractivity contribution is 5.72. The van der Waals surface area contributed by atoms with E-state index in [9.17, 15) is 4.79 Å². The molecule has 4 rings (SSSR count). The molecule has 1 aromatic carbocycles. The fraction of sp³-hybridized carbons (Fsp3) is 0.409. The molecular formula is C22H27N5O2. The summed E-state index contributed by atoms with van der Waals surface area (Å²) in [5.74, 6) is 1.70. The predicted molar refractivity (Wildman–Crippen MR) is 111 cm³/mol. The van der Waals surface area contributed by atoms with Crippen LogP contribution in [0.5, 0.6) is 5.75 Å². The van der Waals surface area contributed by atoms with Crippen molar-refractivity contribution in [3.05, 3.63) is 59.5 Å². The average Bonchev–Trinajstić information content (AvgIpc) is 3.04. The Morgan fingerprint density at radius 3 is 2.66 bits per heavy atom. The Kier molecular flexibility index (Phi) is 4.90. The Morgan fingerprint density at radius 1 is 1.17 bits per heavy atom. The van der Waals surface area contributed by atoms with Crippen LogP contribution in [0.15, 0.2) is 42.6 Å². The first-order valence-electron chi connectivity index (χ1n) is 9.95. The van der Waals surface area contributed by atoms with E-state index in [1.807, 2.05) is 40.9 Å². The minimum atomic E-state index is -0.506. The lowest BCUT2D eigenvalue weighted by Crippen LogP contribution is -2.36. The first-order valence-corrected chi connectivity index (χ1v) is 9.95. The second kappa shape index (κ2) is 7.39. The maximum atomic E-state index is 11.3. The molecule has 0 fully saturated rings. The van der Waals surface area contributed by atoms with Gasteiger partial charge in [0.05, 0.1) is 12.2 Å². The summed E-state index contributed by atoms with van der Waals surface area (Å²) in [7, 11) is 0. The van der Waals surface area contributed by atoms with E-state index in [0.29, 0.717) is 0 Å². The number of nitrogens with one attached hydrogen (secondary N) is 1. The number of carbonyl (C=O) groups excluding carboxylic acids is 1. The van der Waals surface area contributed by atoms with E-state index in [1.165, 1.54) is 0 Å². The molecule has 0 saturated carbocycles. The van der Waals surface area contributed by atoms with Crippen molar-refractivity contribution < 1.29 is 9.53 Å². The van der Waals surface area contributed by atoms with Crippen LogP contribution in [0.3, 0.4) is 0 Å². The SMILES string of the molecule is CC(C)(C)Cc1nnc2ccc(OC3CCC(NC(N)=O)c4ccccc43)cn12. The number of hydrogen-bond donors (Lipinski definition) is 2. The van der Waals surface area contributed by atoms with Crippen LogP contribution in [0.4, 0.5) is 4.79 Å². The largest absolute Gasteiger partial charge is 0.484 e. The summed E-state index contributed by atoms with van der Waals surface area (Å²) in [6.07, 6.45) is 4.26. The van der Waals surface area contributed by atoms with Crippen LogP contribution in [0, 0.1) is 5.41 Å². The molecule has 0 radical (unpaired) electrons. The van der Waals surface area contributed by atoms with E-state index in [0.717, 1.165) is 47.6 Å². The molecule has 2 atom stereocenters. The van der Waals surface area contributed by atoms with Gasteiger partial charge >= 0.3 is 6.03 Å². The van der Waals surface area contributed by atoms with E-state index < -0.39 is 6.03 Å². The molecule has 0 saturated heterocycles. The molecule has 0 bridgehead atoms. The molecule has 7 heteroatoms. The zero-order chi connectivity index (χ0) is 20.6. The van der Waals surface area contributed by atoms with E-state index in [1.54, 1.807) is 0 Å². The van der Waals surface area contributed by atoms with Gasteiger partial charge in [-0.25, -0.2) is 4.79 Å². The second-order valence-electron chi connectivity index (χ2n) is 8.82. The lowest BCUT2D eigenvalue weighted by atomic mass is 9.85. The number of rotatable bonds is 4. The summed E-state index contributed by atoms with van der Waals surface area (Å²) in [5, 5.41) is 11.5. The van der Waals surface area contributed by atoms with Crippen LogP contribution in [0.2, 0.25) is 0 Å². The molecular weight excluding hydrogens is 366 g/mol. The number of benzene rings is 1. The Hall–Kier alpha value is -3.09. The van der Waals surface area contributed by atoms with Gasteiger partial charge in [0.15, 0.2) is 5.65 Å². The minimum Gasteiger partial charge on any atom is -0.484 e. The third-order valence-corrected chi connectivity index (χ3v) is 5.16. The monoisotopic (exact) mass is 393 g/mol. The summed E-state index contributed by atoms with van der Waals surface area (Å²) in [6, 6.07) is 11.3. The molecule has 2 amide bonds. The van der Waals surface area contributed by atoms with Crippen LogP contribution in [0.1, 0.15) is 62.7 Å². The Bertz CT molecular complexity index is 1040. The molecule has 2 unspecified atom stereocenters. The van der Waals surface area contributed by atoms with Gasteiger partial charge in [-0.05, 0) is 41.5 Å². The van der Waals surface area contributed by atoms with Gasteiger partial charge in [-0.3, -0.25) is 4.40 Å². The van der Waals surface area contributed by atoms with Gasteiger partial charge in [0.1, 0.15) is 17.7 Å². The van der Waals surface area contributed by atoms with E-state index >= 15 is 0 Å². The fourth-order valence-electron chi connectivity index (χ4n) is 3.94. The van der Waals surface area contributed by atoms with Gasteiger partial charge in [-0.1, -0.05) is 45.0 Å². The lowest BCUT2D eigenvalue weighted by Gasteiger charge is -2.32. The van der Waals surface area contributed by atoms with E-state index in [2.05, 4.69) is 42.4 Å². The molecule has 3 N–H and O–H groups in total. The topological polar surface area (TPSA) is 94.5 Å². The molecule has 152 valence electrons. The number of ether oxygens (including phenoxy) is 1. The number of fused-ring (bicyclic) bond motifs is 2. The normalized spacial score (nSPS) is 19.0. The Balaban J connectivity index is 1.61. The van der Waals surface area contributed by atoms with Crippen LogP contribution in [0.25, 0.3) is 5.65 Å². The smallest absolute Gasteiger partial charge is 0.312 e. The van der Waals surface area contributed by atoms with Crippen molar-refractivity contribution in [1.29, 1.82) is 0 Å². The first-order chi connectivity index (χ1) is 13.8. The summed E-state index contributed by atoms with van der Waals surface area (Å²) in [6.45, 7) is 6.55. The summed E-state index contributed by atoms with van der Waals surface area (Å²) in [4.78, 5) is 11.3. The van der Waals surface area contributed by atoms with Gasteiger partial charge in [0.25, 0.3) is 0 Å². The number of carbonyl (C=O) groups is 1. The lowest BCUT2D eigenvalue weighted by molar-refractivity contribution is 0.171. The second-order valence-corrected chi connectivity index (χ2v) is 8.82. The molecule has 1 aliphatic rings. The summed E-state index contributed by atoms with van der Waals surface area (Å²) >= 11 is 0. The number of hydrogen-bond acceptors (Lipinski definition) is 4. The van der Waals surface area contributed by atoms with Crippen molar-refractivity contribution in [2.75, 3.05) is 0 Å². The molecule has 2 aromatic heterocycles. The van der Waals surface area contributed by atoms with Crippen molar-refractivity contribution in [2.24, 2.45) is 11.1 Å². The first kappa shape index (κ1) is 19.2. The molecule has 1 aliphatic carbocycles. The molecule has 0 spiro atoms. The third-order valence-electron chi connectivity index (χ3n) is 5.16. The number of nitrogens with two attached hydrogens (primary N) is 1. The van der Waals surface area contributed by atoms with Gasteiger partial charge < -0.3 is 15.8 Å². The zero-order valence-electron chi connectivity index (χ0n) is 17.1. The van der Waals surface area contributed by atoms with E-state index in [4.69, 9.17) is 10.5 Å². The molecule has 7 nitrogen and oxygen atoms in total. The highest BCUT2D eigenvalue weighted by Gasteiger charge is 2.29. The minimum absolute atomic E-state index is 0.0812. The number of aromatic nitrogens is 3. The highest BCUT2D eigenvalue weighted by atomic mass is 16.5. The van der Waals surface area contributed by atoms with Crippen molar-refractivity contribution in [3.63, 3.8) is 0 Å². The van der Waals surface area contributed by atoms with Crippen molar-refractivity contribution in [1.82, 2.24) is 19.9 Å². The number of pyridine rings is 1. The van der Waals surface area contributed by atoms with Crippen LogP contribution in [-0.2, 0) is 6.42 Å². The molecule has 3 aromatic rings. The molecule has 29 heavy (non-hydrogen) atoms. The van der Waals surface area contributed by atoms with Gasteiger partial charge in [0, 0.05) is 6.42 Å². The van der Waals surface area contributed by atoms with Crippen LogP contribution >= 0.6 is 0 Å². The molecule has 0 aliphatic heterocycles. The van der Waals surface area contributed by atoms with Crippen molar-refractivity contribution >= 4 is 11.7 Å².